The quantitative estimate of drug-likeness (QED) is 0.922. The molecule has 0 aliphatic rings. The van der Waals surface area contributed by atoms with Crippen LogP contribution in [-0.2, 0) is 7.05 Å². The van der Waals surface area contributed by atoms with Crippen LogP contribution in [0.3, 0.4) is 0 Å². The number of anilines is 1. The number of aromatic nitrogens is 3. The van der Waals surface area contributed by atoms with Crippen LogP contribution in [0.1, 0.15) is 5.69 Å². The molecule has 0 aromatic carbocycles. The standard InChI is InChI=1S/C10H10Cl2N4S/c1-5-3-8(16(2)15-5)17-10-7(12)4-6(11)9(13)14-10/h3-4H,1-2H3,(H2,13,14). The minimum absolute atomic E-state index is 0.275. The molecule has 0 aliphatic heterocycles. The van der Waals surface area contributed by atoms with Crippen molar-refractivity contribution in [2.24, 2.45) is 7.05 Å². The van der Waals surface area contributed by atoms with Crippen molar-refractivity contribution >= 4 is 40.8 Å². The highest BCUT2D eigenvalue weighted by molar-refractivity contribution is 7.99. The Kier molecular flexibility index (Phi) is 3.51. The van der Waals surface area contributed by atoms with E-state index in [4.69, 9.17) is 28.9 Å². The van der Waals surface area contributed by atoms with E-state index in [-0.39, 0.29) is 5.82 Å². The van der Waals surface area contributed by atoms with Gasteiger partial charge in [0.15, 0.2) is 0 Å². The predicted octanol–water partition coefficient (Wildman–Crippen LogP) is 3.16. The third-order valence-electron chi connectivity index (χ3n) is 2.08. The first kappa shape index (κ1) is 12.5. The molecule has 0 radical (unpaired) electrons. The molecule has 0 aliphatic carbocycles. The third kappa shape index (κ3) is 2.68. The van der Waals surface area contributed by atoms with E-state index in [2.05, 4.69) is 10.1 Å². The topological polar surface area (TPSA) is 56.7 Å². The van der Waals surface area contributed by atoms with Crippen LogP contribution in [-0.4, -0.2) is 14.8 Å². The number of halogens is 2. The molecule has 7 heteroatoms. The van der Waals surface area contributed by atoms with E-state index in [1.807, 2.05) is 20.0 Å². The van der Waals surface area contributed by atoms with Crippen LogP contribution in [0.15, 0.2) is 22.2 Å². The van der Waals surface area contributed by atoms with Gasteiger partial charge in [0, 0.05) is 7.05 Å². The summed E-state index contributed by atoms with van der Waals surface area (Å²) in [6.45, 7) is 1.93. The van der Waals surface area contributed by atoms with Crippen LogP contribution in [0, 0.1) is 6.92 Å². The van der Waals surface area contributed by atoms with Crippen molar-refractivity contribution < 1.29 is 0 Å². The van der Waals surface area contributed by atoms with Crippen molar-refractivity contribution in [2.75, 3.05) is 5.73 Å². The summed E-state index contributed by atoms with van der Waals surface area (Å²) in [5.41, 5.74) is 6.59. The van der Waals surface area contributed by atoms with Gasteiger partial charge in [-0.05, 0) is 30.8 Å². The number of rotatable bonds is 2. The highest BCUT2D eigenvalue weighted by Crippen LogP contribution is 2.34. The van der Waals surface area contributed by atoms with Crippen LogP contribution in [0.25, 0.3) is 0 Å². The normalized spacial score (nSPS) is 10.8. The molecular formula is C10H10Cl2N4S. The highest BCUT2D eigenvalue weighted by Gasteiger charge is 2.11. The molecule has 0 saturated heterocycles. The summed E-state index contributed by atoms with van der Waals surface area (Å²) in [5.74, 6) is 0.275. The Morgan fingerprint density at radius 3 is 2.59 bits per heavy atom. The number of hydrogen-bond acceptors (Lipinski definition) is 4. The summed E-state index contributed by atoms with van der Waals surface area (Å²) in [7, 11) is 1.86. The number of nitrogens with two attached hydrogens (primary N) is 1. The highest BCUT2D eigenvalue weighted by atomic mass is 35.5. The Hall–Kier alpha value is -0.910. The van der Waals surface area contributed by atoms with Gasteiger partial charge in [-0.3, -0.25) is 4.68 Å². The summed E-state index contributed by atoms with van der Waals surface area (Å²) in [5, 5.41) is 6.65. The Balaban J connectivity index is 2.36. The van der Waals surface area contributed by atoms with Gasteiger partial charge in [0.05, 0.1) is 15.7 Å². The van der Waals surface area contributed by atoms with Crippen molar-refractivity contribution in [1.29, 1.82) is 0 Å². The maximum absolute atomic E-state index is 6.06. The number of nitrogens with zero attached hydrogens (tertiary/aromatic N) is 3. The van der Waals surface area contributed by atoms with Gasteiger partial charge in [0.1, 0.15) is 15.9 Å². The first-order valence-corrected chi connectivity index (χ1v) is 6.34. The molecule has 0 atom stereocenters. The number of aryl methyl sites for hydroxylation is 2. The van der Waals surface area contributed by atoms with Gasteiger partial charge in [-0.2, -0.15) is 5.10 Å². The molecule has 17 heavy (non-hydrogen) atoms. The van der Waals surface area contributed by atoms with Crippen molar-refractivity contribution in [3.63, 3.8) is 0 Å². The van der Waals surface area contributed by atoms with E-state index in [0.717, 1.165) is 10.7 Å². The predicted molar refractivity (Wildman–Crippen MR) is 70.7 cm³/mol. The summed E-state index contributed by atoms with van der Waals surface area (Å²) in [6.07, 6.45) is 0. The van der Waals surface area contributed by atoms with Gasteiger partial charge in [-0.1, -0.05) is 23.2 Å². The lowest BCUT2D eigenvalue weighted by molar-refractivity contribution is 0.692. The molecule has 0 saturated carbocycles. The molecule has 0 unspecified atom stereocenters. The Morgan fingerprint density at radius 1 is 1.29 bits per heavy atom. The maximum atomic E-state index is 6.06. The van der Waals surface area contributed by atoms with E-state index in [9.17, 15) is 0 Å². The number of nitrogen functional groups attached to an aromatic ring is 1. The minimum atomic E-state index is 0.275. The molecule has 2 heterocycles. The molecule has 0 fully saturated rings. The van der Waals surface area contributed by atoms with Gasteiger partial charge in [-0.15, -0.1) is 0 Å². The molecule has 2 rings (SSSR count). The fourth-order valence-electron chi connectivity index (χ4n) is 1.32. The lowest BCUT2D eigenvalue weighted by Crippen LogP contribution is -1.96. The van der Waals surface area contributed by atoms with Crippen LogP contribution in [0.2, 0.25) is 10.0 Å². The number of hydrogen-bond donors (Lipinski definition) is 1. The molecule has 4 nitrogen and oxygen atoms in total. The van der Waals surface area contributed by atoms with Crippen LogP contribution in [0.4, 0.5) is 5.82 Å². The van der Waals surface area contributed by atoms with E-state index < -0.39 is 0 Å². The van der Waals surface area contributed by atoms with E-state index in [0.29, 0.717) is 15.1 Å². The molecule has 2 N–H and O–H groups in total. The summed E-state index contributed by atoms with van der Waals surface area (Å²) >= 11 is 13.3. The van der Waals surface area contributed by atoms with E-state index >= 15 is 0 Å². The fourth-order valence-corrected chi connectivity index (χ4v) is 2.69. The van der Waals surface area contributed by atoms with Crippen molar-refractivity contribution in [3.8, 4) is 0 Å². The van der Waals surface area contributed by atoms with Crippen LogP contribution >= 0.6 is 35.0 Å². The largest absolute Gasteiger partial charge is 0.382 e. The second-order valence-electron chi connectivity index (χ2n) is 3.49. The first-order chi connectivity index (χ1) is 7.97. The monoisotopic (exact) mass is 288 g/mol. The number of pyridine rings is 1. The van der Waals surface area contributed by atoms with Crippen molar-refractivity contribution in [2.45, 2.75) is 17.0 Å². The average molecular weight is 289 g/mol. The maximum Gasteiger partial charge on any atom is 0.143 e. The molecule has 90 valence electrons. The first-order valence-electron chi connectivity index (χ1n) is 4.77. The van der Waals surface area contributed by atoms with Gasteiger partial charge in [0.25, 0.3) is 0 Å². The summed E-state index contributed by atoms with van der Waals surface area (Å²) in [6, 6.07) is 3.55. The Bertz CT molecular complexity index is 568. The van der Waals surface area contributed by atoms with Crippen LogP contribution < -0.4 is 5.73 Å². The zero-order valence-corrected chi connectivity index (χ0v) is 11.6. The lowest BCUT2D eigenvalue weighted by Gasteiger charge is -2.05. The van der Waals surface area contributed by atoms with Crippen molar-refractivity contribution in [1.82, 2.24) is 14.8 Å². The van der Waals surface area contributed by atoms with Crippen LogP contribution in [0.5, 0.6) is 0 Å². The van der Waals surface area contributed by atoms with Crippen molar-refractivity contribution in [3.05, 3.63) is 27.9 Å². The molecule has 0 amide bonds. The van der Waals surface area contributed by atoms with Gasteiger partial charge >= 0.3 is 0 Å². The molecule has 2 aromatic heterocycles. The zero-order chi connectivity index (χ0) is 12.6. The SMILES string of the molecule is Cc1cc(Sc2nc(N)c(Cl)cc2Cl)n(C)n1. The lowest BCUT2D eigenvalue weighted by atomic mass is 10.5. The second kappa shape index (κ2) is 4.76. The molecule has 0 spiro atoms. The third-order valence-corrected chi connectivity index (χ3v) is 3.88. The second-order valence-corrected chi connectivity index (χ2v) is 5.32. The average Bonchev–Trinajstić information content (AvgIpc) is 2.54. The fraction of sp³-hybridized carbons (Fsp3) is 0.200. The van der Waals surface area contributed by atoms with Gasteiger partial charge < -0.3 is 5.73 Å². The zero-order valence-electron chi connectivity index (χ0n) is 9.24. The smallest absolute Gasteiger partial charge is 0.143 e. The minimum Gasteiger partial charge on any atom is -0.382 e. The summed E-state index contributed by atoms with van der Waals surface area (Å²) in [4.78, 5) is 4.15. The Morgan fingerprint density at radius 2 is 2.00 bits per heavy atom. The molecule has 2 aromatic rings. The van der Waals surface area contributed by atoms with Gasteiger partial charge in [-0.25, -0.2) is 4.98 Å². The molecular weight excluding hydrogens is 279 g/mol. The Labute approximate surface area is 113 Å². The van der Waals surface area contributed by atoms with E-state index in [1.165, 1.54) is 11.8 Å². The molecule has 0 bridgehead atoms. The summed E-state index contributed by atoms with van der Waals surface area (Å²) < 4.78 is 1.77. The van der Waals surface area contributed by atoms with E-state index in [1.54, 1.807) is 10.7 Å². The van der Waals surface area contributed by atoms with Gasteiger partial charge in [0.2, 0.25) is 0 Å².